The third kappa shape index (κ3) is 4.22. The van der Waals surface area contributed by atoms with E-state index < -0.39 is 0 Å². The van der Waals surface area contributed by atoms with Crippen LogP contribution in [0, 0.1) is 0 Å². The molecule has 5 rings (SSSR count). The molecule has 0 heterocycles. The van der Waals surface area contributed by atoms with Crippen LogP contribution in [0.15, 0.2) is 82.8 Å². The number of aliphatic imine (C=N–C) groups is 2. The number of nitrogens with zero attached hydrogens (tertiary/aromatic N) is 2. The average molecular weight is 423 g/mol. The van der Waals surface area contributed by atoms with Gasteiger partial charge in [0.2, 0.25) is 0 Å². The van der Waals surface area contributed by atoms with E-state index in [0.29, 0.717) is 0 Å². The van der Waals surface area contributed by atoms with Gasteiger partial charge in [0.25, 0.3) is 0 Å². The molecule has 4 aromatic rings. The van der Waals surface area contributed by atoms with Crippen molar-refractivity contribution in [1.29, 1.82) is 0 Å². The van der Waals surface area contributed by atoms with Gasteiger partial charge in [-0.15, -0.1) is 0 Å². The number of fused-ring (bicyclic) bond motifs is 2. The first-order chi connectivity index (χ1) is 15.7. The van der Waals surface area contributed by atoms with Gasteiger partial charge in [0.15, 0.2) is 0 Å². The Kier molecular flexibility index (Phi) is 5.59. The van der Waals surface area contributed by atoms with E-state index in [4.69, 9.17) is 9.98 Å². The van der Waals surface area contributed by atoms with Crippen LogP contribution in [0.2, 0.25) is 0 Å². The lowest BCUT2D eigenvalue weighted by Gasteiger charge is -2.25. The van der Waals surface area contributed by atoms with Crippen molar-refractivity contribution in [2.75, 3.05) is 0 Å². The van der Waals surface area contributed by atoms with Crippen molar-refractivity contribution < 1.29 is 10.2 Å². The second kappa shape index (κ2) is 8.83. The fourth-order valence-corrected chi connectivity index (χ4v) is 4.49. The highest BCUT2D eigenvalue weighted by atomic mass is 16.3. The zero-order valence-electron chi connectivity index (χ0n) is 17.9. The normalized spacial score (nSPS) is 19.4. The molecule has 0 radical (unpaired) electrons. The molecule has 0 aromatic heterocycles. The molecule has 32 heavy (non-hydrogen) atoms. The van der Waals surface area contributed by atoms with Crippen molar-refractivity contribution >= 4 is 34.0 Å². The van der Waals surface area contributed by atoms with Crippen molar-refractivity contribution in [2.45, 2.75) is 37.8 Å². The van der Waals surface area contributed by atoms with Crippen LogP contribution in [0.3, 0.4) is 0 Å². The standard InChI is InChI=1S/C28H26N2O2/c31-27-15-21-9-3-1-7-19(21)13-23(27)17-29-25-11-5-6-12-26(25)30-18-24-14-20-8-2-4-10-22(20)16-28(24)32/h1-4,7-10,13-18,25-26,31-32H,5-6,11-12H2/t25-,26-/m1/s1. The number of phenols is 2. The van der Waals surface area contributed by atoms with E-state index in [-0.39, 0.29) is 23.6 Å². The molecule has 160 valence electrons. The van der Waals surface area contributed by atoms with Gasteiger partial charge in [-0.3, -0.25) is 9.98 Å². The van der Waals surface area contributed by atoms with Gasteiger partial charge in [0.05, 0.1) is 12.1 Å². The van der Waals surface area contributed by atoms with E-state index in [2.05, 4.69) is 0 Å². The molecule has 0 saturated heterocycles. The molecule has 1 aliphatic carbocycles. The maximum atomic E-state index is 10.4. The summed E-state index contributed by atoms with van der Waals surface area (Å²) in [6, 6.07) is 23.6. The summed E-state index contributed by atoms with van der Waals surface area (Å²) < 4.78 is 0. The van der Waals surface area contributed by atoms with Crippen LogP contribution >= 0.6 is 0 Å². The van der Waals surface area contributed by atoms with E-state index in [1.807, 2.05) is 60.7 Å². The molecule has 2 atom stereocenters. The van der Waals surface area contributed by atoms with Crippen molar-refractivity contribution in [2.24, 2.45) is 9.98 Å². The fourth-order valence-electron chi connectivity index (χ4n) is 4.49. The van der Waals surface area contributed by atoms with Crippen molar-refractivity contribution in [1.82, 2.24) is 0 Å². The number of aromatic hydroxyl groups is 2. The summed E-state index contributed by atoms with van der Waals surface area (Å²) >= 11 is 0. The highest BCUT2D eigenvalue weighted by molar-refractivity contribution is 5.94. The molecule has 1 saturated carbocycles. The van der Waals surface area contributed by atoms with Crippen LogP contribution < -0.4 is 0 Å². The summed E-state index contributed by atoms with van der Waals surface area (Å²) in [5.41, 5.74) is 1.45. The van der Waals surface area contributed by atoms with Crippen LogP contribution in [0.1, 0.15) is 36.8 Å². The molecule has 1 fully saturated rings. The van der Waals surface area contributed by atoms with E-state index in [1.54, 1.807) is 24.6 Å². The van der Waals surface area contributed by atoms with Crippen molar-refractivity contribution in [3.63, 3.8) is 0 Å². The van der Waals surface area contributed by atoms with Crippen LogP contribution in [0.4, 0.5) is 0 Å². The summed E-state index contributed by atoms with van der Waals surface area (Å²) in [6.45, 7) is 0. The minimum Gasteiger partial charge on any atom is -0.507 e. The highest BCUT2D eigenvalue weighted by Crippen LogP contribution is 2.28. The summed E-state index contributed by atoms with van der Waals surface area (Å²) in [7, 11) is 0. The van der Waals surface area contributed by atoms with E-state index in [0.717, 1.165) is 58.4 Å². The topological polar surface area (TPSA) is 65.2 Å². The van der Waals surface area contributed by atoms with E-state index in [9.17, 15) is 10.2 Å². The molecule has 4 aromatic carbocycles. The first-order valence-electron chi connectivity index (χ1n) is 11.2. The maximum absolute atomic E-state index is 10.4. The Hall–Kier alpha value is -3.66. The average Bonchev–Trinajstić information content (AvgIpc) is 2.82. The second-order valence-electron chi connectivity index (χ2n) is 8.49. The number of hydrogen-bond donors (Lipinski definition) is 2. The van der Waals surface area contributed by atoms with Crippen molar-refractivity contribution in [3.8, 4) is 11.5 Å². The zero-order chi connectivity index (χ0) is 21.9. The summed E-state index contributed by atoms with van der Waals surface area (Å²) in [6.07, 6.45) is 7.76. The Labute approximate surface area is 187 Å². The molecular weight excluding hydrogens is 396 g/mol. The fraction of sp³-hybridized carbons (Fsp3) is 0.214. The van der Waals surface area contributed by atoms with Crippen LogP contribution in [0.25, 0.3) is 21.5 Å². The van der Waals surface area contributed by atoms with Gasteiger partial charge >= 0.3 is 0 Å². The molecule has 0 bridgehead atoms. The van der Waals surface area contributed by atoms with Gasteiger partial charge in [-0.05, 0) is 58.7 Å². The summed E-state index contributed by atoms with van der Waals surface area (Å²) in [5, 5.41) is 25.0. The van der Waals surface area contributed by atoms with Crippen LogP contribution in [0.5, 0.6) is 11.5 Å². The largest absolute Gasteiger partial charge is 0.507 e. The molecule has 0 spiro atoms. The number of phenolic OH excluding ortho intramolecular Hbond substituents is 2. The highest BCUT2D eigenvalue weighted by Gasteiger charge is 2.23. The van der Waals surface area contributed by atoms with E-state index in [1.165, 1.54) is 0 Å². The molecule has 4 nitrogen and oxygen atoms in total. The number of hydrogen-bond acceptors (Lipinski definition) is 4. The maximum Gasteiger partial charge on any atom is 0.124 e. The molecular formula is C28H26N2O2. The Morgan fingerprint density at radius 3 is 1.38 bits per heavy atom. The minimum atomic E-state index is 0.0634. The van der Waals surface area contributed by atoms with Crippen LogP contribution in [-0.4, -0.2) is 34.7 Å². The zero-order valence-corrected chi connectivity index (χ0v) is 17.9. The Morgan fingerprint density at radius 1 is 0.594 bits per heavy atom. The predicted molar refractivity (Wildman–Crippen MR) is 132 cm³/mol. The Morgan fingerprint density at radius 2 is 0.969 bits per heavy atom. The SMILES string of the molecule is Oc1cc2ccccc2cc1C=N[C@@H]1CCCC[C@H]1N=Cc1cc2ccccc2cc1O. The molecule has 0 aliphatic heterocycles. The molecule has 0 unspecified atom stereocenters. The Bertz CT molecular complexity index is 1220. The lowest BCUT2D eigenvalue weighted by Crippen LogP contribution is -2.27. The van der Waals surface area contributed by atoms with Gasteiger partial charge in [-0.1, -0.05) is 61.4 Å². The number of benzene rings is 4. The third-order valence-corrected chi connectivity index (χ3v) is 6.29. The summed E-state index contributed by atoms with van der Waals surface area (Å²) in [5.74, 6) is 0.480. The lowest BCUT2D eigenvalue weighted by molar-refractivity contribution is 0.390. The second-order valence-corrected chi connectivity index (χ2v) is 8.49. The quantitative estimate of drug-likeness (QED) is 0.382. The smallest absolute Gasteiger partial charge is 0.124 e. The van der Waals surface area contributed by atoms with Gasteiger partial charge in [-0.2, -0.15) is 0 Å². The van der Waals surface area contributed by atoms with Gasteiger partial charge in [0, 0.05) is 23.6 Å². The molecule has 1 aliphatic rings. The first kappa shape index (κ1) is 20.3. The van der Waals surface area contributed by atoms with E-state index >= 15 is 0 Å². The van der Waals surface area contributed by atoms with Crippen molar-refractivity contribution in [3.05, 3.63) is 83.9 Å². The molecule has 0 amide bonds. The first-order valence-corrected chi connectivity index (χ1v) is 11.2. The lowest BCUT2D eigenvalue weighted by atomic mass is 9.91. The predicted octanol–water partition coefficient (Wildman–Crippen LogP) is 6.25. The third-order valence-electron chi connectivity index (χ3n) is 6.29. The minimum absolute atomic E-state index is 0.0634. The monoisotopic (exact) mass is 422 g/mol. The van der Waals surface area contributed by atoms with Gasteiger partial charge < -0.3 is 10.2 Å². The number of rotatable bonds is 4. The van der Waals surface area contributed by atoms with Gasteiger partial charge in [0.1, 0.15) is 11.5 Å². The van der Waals surface area contributed by atoms with Gasteiger partial charge in [-0.25, -0.2) is 0 Å². The Balaban J connectivity index is 1.39. The summed E-state index contributed by atoms with van der Waals surface area (Å²) in [4.78, 5) is 9.65. The molecule has 4 heteroatoms. The van der Waals surface area contributed by atoms with Crippen LogP contribution in [-0.2, 0) is 0 Å². The molecule has 2 N–H and O–H groups in total.